The Balaban J connectivity index is 2.49. The highest BCUT2D eigenvalue weighted by molar-refractivity contribution is 7.09. The molecular weight excluding hydrogens is 206 g/mol. The van der Waals surface area contributed by atoms with Crippen LogP contribution in [0.2, 0.25) is 0 Å². The topological polar surface area (TPSA) is 30.0 Å². The molecule has 0 saturated heterocycles. The van der Waals surface area contributed by atoms with E-state index in [1.54, 1.807) is 0 Å². The van der Waals surface area contributed by atoms with Crippen LogP contribution in [0.5, 0.6) is 0 Å². The molecule has 15 heavy (non-hydrogen) atoms. The number of nitrogens with zero attached hydrogens (tertiary/aromatic N) is 1. The first-order valence-electron chi connectivity index (χ1n) is 4.70. The third-order valence-electron chi connectivity index (χ3n) is 2.30. The molecule has 0 N–H and O–H groups in total. The maximum atomic E-state index is 10.5. The third kappa shape index (κ3) is 1.97. The first-order chi connectivity index (χ1) is 7.20. The van der Waals surface area contributed by atoms with E-state index >= 15 is 0 Å². The van der Waals surface area contributed by atoms with Crippen LogP contribution in [-0.4, -0.2) is 10.7 Å². The molecule has 0 fully saturated rings. The van der Waals surface area contributed by atoms with Crippen molar-refractivity contribution in [1.82, 2.24) is 4.37 Å². The maximum Gasteiger partial charge on any atom is 0.169 e. The largest absolute Gasteiger partial charge is 0.296 e. The summed E-state index contributed by atoms with van der Waals surface area (Å²) in [6.07, 6.45) is 0.781. The van der Waals surface area contributed by atoms with E-state index in [-0.39, 0.29) is 0 Å². The van der Waals surface area contributed by atoms with Crippen LogP contribution in [0.15, 0.2) is 24.3 Å². The summed E-state index contributed by atoms with van der Waals surface area (Å²) >= 11 is 1.37. The molecule has 2 aromatic rings. The Labute approximate surface area is 92.7 Å². The van der Waals surface area contributed by atoms with E-state index in [2.05, 4.69) is 36.4 Å². The molecular formula is C12H11NOS. The lowest BCUT2D eigenvalue weighted by molar-refractivity contribution is 0.112. The van der Waals surface area contributed by atoms with Crippen LogP contribution < -0.4 is 0 Å². The van der Waals surface area contributed by atoms with Crippen LogP contribution in [0.4, 0.5) is 0 Å². The highest BCUT2D eigenvalue weighted by atomic mass is 32.1. The fraction of sp³-hybridized carbons (Fsp3) is 0.167. The molecule has 76 valence electrons. The number of hydrogen-bond donors (Lipinski definition) is 0. The van der Waals surface area contributed by atoms with Crippen molar-refractivity contribution in [2.24, 2.45) is 0 Å². The molecule has 3 heteroatoms. The number of aldehydes is 1. The molecule has 2 rings (SSSR count). The lowest BCUT2D eigenvalue weighted by atomic mass is 10.0. The molecule has 1 aromatic carbocycles. The second-order valence-electron chi connectivity index (χ2n) is 3.55. The van der Waals surface area contributed by atoms with Crippen molar-refractivity contribution < 1.29 is 4.79 Å². The molecule has 0 atom stereocenters. The molecule has 1 aromatic heterocycles. The zero-order valence-electron chi connectivity index (χ0n) is 8.65. The van der Waals surface area contributed by atoms with Gasteiger partial charge in [-0.15, -0.1) is 0 Å². The Hall–Kier alpha value is -1.48. The van der Waals surface area contributed by atoms with Crippen molar-refractivity contribution in [3.05, 3.63) is 41.1 Å². The van der Waals surface area contributed by atoms with E-state index in [1.165, 1.54) is 22.7 Å². The fourth-order valence-electron chi connectivity index (χ4n) is 1.56. The summed E-state index contributed by atoms with van der Waals surface area (Å²) in [5.41, 5.74) is 4.13. The van der Waals surface area contributed by atoms with Gasteiger partial charge in [-0.3, -0.25) is 4.79 Å². The average Bonchev–Trinajstić information content (AvgIpc) is 2.66. The Bertz CT molecular complexity index is 502. The number of hydrogen-bond acceptors (Lipinski definition) is 3. The van der Waals surface area contributed by atoms with Crippen LogP contribution in [0.25, 0.3) is 10.4 Å². The first-order valence-corrected chi connectivity index (χ1v) is 5.47. The number of rotatable bonds is 2. The minimum atomic E-state index is 0.509. The van der Waals surface area contributed by atoms with Gasteiger partial charge in [0.1, 0.15) is 5.69 Å². The van der Waals surface area contributed by atoms with Gasteiger partial charge in [-0.2, -0.15) is 4.37 Å². The van der Waals surface area contributed by atoms with Gasteiger partial charge in [0.2, 0.25) is 0 Å². The SMILES string of the molecule is Cc1ccc(-c2cc(C=O)ns2)c(C)c1. The van der Waals surface area contributed by atoms with E-state index in [0.717, 1.165) is 16.7 Å². The van der Waals surface area contributed by atoms with E-state index < -0.39 is 0 Å². The maximum absolute atomic E-state index is 10.5. The van der Waals surface area contributed by atoms with Crippen molar-refractivity contribution in [2.45, 2.75) is 13.8 Å². The summed E-state index contributed by atoms with van der Waals surface area (Å²) in [6, 6.07) is 8.11. The Morgan fingerprint density at radius 2 is 2.07 bits per heavy atom. The Kier molecular flexibility index (Phi) is 2.64. The summed E-state index contributed by atoms with van der Waals surface area (Å²) < 4.78 is 4.05. The van der Waals surface area contributed by atoms with Gasteiger partial charge in [-0.25, -0.2) is 0 Å². The highest BCUT2D eigenvalue weighted by Crippen LogP contribution is 2.27. The number of aromatic nitrogens is 1. The predicted molar refractivity (Wildman–Crippen MR) is 62.4 cm³/mol. The zero-order chi connectivity index (χ0) is 10.8. The fourth-order valence-corrected chi connectivity index (χ4v) is 2.36. The lowest BCUT2D eigenvalue weighted by Crippen LogP contribution is -1.81. The van der Waals surface area contributed by atoms with Crippen molar-refractivity contribution in [3.8, 4) is 10.4 Å². The zero-order valence-corrected chi connectivity index (χ0v) is 9.47. The van der Waals surface area contributed by atoms with E-state index in [9.17, 15) is 4.79 Å². The predicted octanol–water partition coefficient (Wildman–Crippen LogP) is 3.24. The van der Waals surface area contributed by atoms with Crippen LogP contribution in [0.3, 0.4) is 0 Å². The molecule has 0 aliphatic rings. The first kappa shape index (κ1) is 10.1. The van der Waals surface area contributed by atoms with E-state index in [0.29, 0.717) is 5.69 Å². The summed E-state index contributed by atoms with van der Waals surface area (Å²) in [7, 11) is 0. The molecule has 0 unspecified atom stereocenters. The molecule has 0 amide bonds. The van der Waals surface area contributed by atoms with Crippen LogP contribution in [0.1, 0.15) is 21.6 Å². The molecule has 0 aliphatic carbocycles. The summed E-state index contributed by atoms with van der Waals surface area (Å²) in [5, 5.41) is 0. The Morgan fingerprint density at radius 1 is 1.27 bits per heavy atom. The summed E-state index contributed by atoms with van der Waals surface area (Å²) in [4.78, 5) is 11.6. The van der Waals surface area contributed by atoms with Gasteiger partial charge in [-0.05, 0) is 42.6 Å². The monoisotopic (exact) mass is 217 g/mol. The van der Waals surface area contributed by atoms with Gasteiger partial charge in [0.25, 0.3) is 0 Å². The van der Waals surface area contributed by atoms with Gasteiger partial charge < -0.3 is 0 Å². The quantitative estimate of drug-likeness (QED) is 0.723. The molecule has 1 heterocycles. The van der Waals surface area contributed by atoms with Gasteiger partial charge in [0, 0.05) is 0 Å². The van der Waals surface area contributed by atoms with Gasteiger partial charge >= 0.3 is 0 Å². The normalized spacial score (nSPS) is 10.3. The number of carbonyl (C=O) groups is 1. The number of aryl methyl sites for hydroxylation is 2. The van der Waals surface area contributed by atoms with Crippen LogP contribution in [-0.2, 0) is 0 Å². The van der Waals surface area contributed by atoms with Crippen molar-refractivity contribution in [2.75, 3.05) is 0 Å². The van der Waals surface area contributed by atoms with Crippen molar-refractivity contribution in [3.63, 3.8) is 0 Å². The molecule has 0 saturated carbocycles. The van der Waals surface area contributed by atoms with E-state index in [1.807, 2.05) is 6.07 Å². The lowest BCUT2D eigenvalue weighted by Gasteiger charge is -2.02. The summed E-state index contributed by atoms with van der Waals surface area (Å²) in [5.74, 6) is 0. The molecule has 0 aliphatic heterocycles. The van der Waals surface area contributed by atoms with Gasteiger partial charge in [0.05, 0.1) is 4.88 Å². The smallest absolute Gasteiger partial charge is 0.169 e. The number of carbonyl (C=O) groups excluding carboxylic acids is 1. The average molecular weight is 217 g/mol. The number of benzene rings is 1. The highest BCUT2D eigenvalue weighted by Gasteiger charge is 2.06. The third-order valence-corrected chi connectivity index (χ3v) is 3.13. The minimum Gasteiger partial charge on any atom is -0.296 e. The Morgan fingerprint density at radius 3 is 2.67 bits per heavy atom. The standard InChI is InChI=1S/C12H11NOS/c1-8-3-4-11(9(2)5-8)12-6-10(7-14)13-15-12/h3-7H,1-2H3. The second kappa shape index (κ2) is 3.95. The molecule has 2 nitrogen and oxygen atoms in total. The molecule has 0 radical (unpaired) electrons. The summed E-state index contributed by atoms with van der Waals surface area (Å²) in [6.45, 7) is 4.14. The molecule has 0 spiro atoms. The van der Waals surface area contributed by atoms with Gasteiger partial charge in [0.15, 0.2) is 6.29 Å². The van der Waals surface area contributed by atoms with Crippen molar-refractivity contribution in [1.29, 1.82) is 0 Å². The van der Waals surface area contributed by atoms with E-state index in [4.69, 9.17) is 0 Å². The van der Waals surface area contributed by atoms with Crippen LogP contribution in [0, 0.1) is 13.8 Å². The van der Waals surface area contributed by atoms with Crippen LogP contribution >= 0.6 is 11.5 Å². The van der Waals surface area contributed by atoms with Crippen molar-refractivity contribution >= 4 is 17.8 Å². The molecule has 0 bridgehead atoms. The minimum absolute atomic E-state index is 0.509. The van der Waals surface area contributed by atoms with Gasteiger partial charge in [-0.1, -0.05) is 23.8 Å². The second-order valence-corrected chi connectivity index (χ2v) is 4.36.